The van der Waals surface area contributed by atoms with Crippen LogP contribution in [0.2, 0.25) is 0 Å². The maximum absolute atomic E-state index is 13.2. The molecule has 4 saturated carbocycles. The Hall–Kier alpha value is -2.04. The van der Waals surface area contributed by atoms with Crippen molar-refractivity contribution in [2.24, 2.45) is 22.2 Å². The summed E-state index contributed by atoms with van der Waals surface area (Å²) in [4.78, 5) is 23.7. The Morgan fingerprint density at radius 2 is 1.71 bits per heavy atom. The smallest absolute Gasteiger partial charge is 0.341 e. The summed E-state index contributed by atoms with van der Waals surface area (Å²) in [7, 11) is 0. The minimum atomic E-state index is -0.987. The van der Waals surface area contributed by atoms with E-state index in [9.17, 15) is 9.59 Å². The first-order chi connectivity index (χ1) is 13.2. The number of benzene rings is 1. The van der Waals surface area contributed by atoms with Gasteiger partial charge >= 0.3 is 5.97 Å². The summed E-state index contributed by atoms with van der Waals surface area (Å²) in [5, 5.41) is 11.9. The van der Waals surface area contributed by atoms with E-state index in [1.165, 1.54) is 19.3 Å². The molecule has 4 bridgehead atoms. The van der Waals surface area contributed by atoms with Crippen LogP contribution in [0.3, 0.4) is 0 Å². The third-order valence-corrected chi connectivity index (χ3v) is 7.09. The van der Waals surface area contributed by atoms with Crippen LogP contribution in [0, 0.1) is 22.2 Å². The van der Waals surface area contributed by atoms with Crippen LogP contribution in [0.1, 0.15) is 57.9 Å². The molecule has 1 aromatic carbocycles. The van der Waals surface area contributed by atoms with Gasteiger partial charge in [0.15, 0.2) is 6.61 Å². The van der Waals surface area contributed by atoms with E-state index < -0.39 is 5.97 Å². The van der Waals surface area contributed by atoms with Crippen molar-refractivity contribution in [3.8, 4) is 5.75 Å². The van der Waals surface area contributed by atoms with E-state index in [-0.39, 0.29) is 17.9 Å². The summed E-state index contributed by atoms with van der Waals surface area (Å²) in [5.41, 5.74) is 1.64. The topological polar surface area (TPSA) is 75.6 Å². The molecular formula is C23H31NO4. The van der Waals surface area contributed by atoms with Crippen LogP contribution in [0.4, 0.5) is 0 Å². The molecule has 0 aromatic heterocycles. The lowest BCUT2D eigenvalue weighted by atomic mass is 9.40. The molecule has 5 nitrogen and oxygen atoms in total. The van der Waals surface area contributed by atoms with Crippen LogP contribution in [0.25, 0.3) is 0 Å². The number of ether oxygens (including phenoxy) is 1. The lowest BCUT2D eigenvalue weighted by Crippen LogP contribution is -2.60. The van der Waals surface area contributed by atoms with Crippen molar-refractivity contribution >= 4 is 11.9 Å². The first-order valence-corrected chi connectivity index (χ1v) is 10.4. The SMILES string of the molecule is CC12CC3CC(C)(C1)CC(C(=O)NCCc1ccc(OCC(=O)O)cc1)(C3)C2. The zero-order valence-corrected chi connectivity index (χ0v) is 16.9. The molecule has 1 aromatic rings. The summed E-state index contributed by atoms with van der Waals surface area (Å²) >= 11 is 0. The van der Waals surface area contributed by atoms with E-state index in [0.29, 0.717) is 23.1 Å². The van der Waals surface area contributed by atoms with Crippen molar-refractivity contribution in [1.29, 1.82) is 0 Å². The van der Waals surface area contributed by atoms with Crippen molar-refractivity contribution in [3.63, 3.8) is 0 Å². The molecule has 5 rings (SSSR count). The Kier molecular flexibility index (Phi) is 4.67. The van der Waals surface area contributed by atoms with Crippen LogP contribution in [-0.4, -0.2) is 30.1 Å². The van der Waals surface area contributed by atoms with Gasteiger partial charge in [-0.1, -0.05) is 26.0 Å². The third kappa shape index (κ3) is 3.76. The van der Waals surface area contributed by atoms with Gasteiger partial charge in [0.2, 0.25) is 5.91 Å². The monoisotopic (exact) mass is 385 g/mol. The maximum atomic E-state index is 13.2. The Balaban J connectivity index is 1.32. The molecule has 4 fully saturated rings. The predicted molar refractivity (Wildman–Crippen MR) is 106 cm³/mol. The summed E-state index contributed by atoms with van der Waals surface area (Å²) in [5.74, 6) is 0.537. The quantitative estimate of drug-likeness (QED) is 0.748. The minimum Gasteiger partial charge on any atom is -0.482 e. The summed E-state index contributed by atoms with van der Waals surface area (Å²) < 4.78 is 5.15. The largest absolute Gasteiger partial charge is 0.482 e. The molecule has 1 amide bonds. The van der Waals surface area contributed by atoms with Crippen molar-refractivity contribution in [3.05, 3.63) is 29.8 Å². The second kappa shape index (κ2) is 6.78. The van der Waals surface area contributed by atoms with Gasteiger partial charge in [-0.3, -0.25) is 4.79 Å². The summed E-state index contributed by atoms with van der Waals surface area (Å²) in [6.07, 6.45) is 7.81. The van der Waals surface area contributed by atoms with E-state index in [0.717, 1.165) is 37.2 Å². The zero-order chi connectivity index (χ0) is 20.0. The van der Waals surface area contributed by atoms with E-state index >= 15 is 0 Å². The predicted octanol–water partition coefficient (Wildman–Crippen LogP) is 3.81. The number of amides is 1. The van der Waals surface area contributed by atoms with E-state index in [1.54, 1.807) is 12.1 Å². The Bertz CT molecular complexity index is 753. The molecule has 152 valence electrons. The van der Waals surface area contributed by atoms with Gasteiger partial charge in [0.25, 0.3) is 0 Å². The lowest BCUT2D eigenvalue weighted by Gasteiger charge is -2.64. The van der Waals surface area contributed by atoms with Crippen molar-refractivity contribution in [2.75, 3.05) is 13.2 Å². The van der Waals surface area contributed by atoms with E-state index in [1.807, 2.05) is 12.1 Å². The maximum Gasteiger partial charge on any atom is 0.341 e. The van der Waals surface area contributed by atoms with Gasteiger partial charge in [-0.25, -0.2) is 4.79 Å². The molecule has 2 N–H and O–H groups in total. The average Bonchev–Trinajstić information content (AvgIpc) is 2.57. The van der Waals surface area contributed by atoms with Gasteiger partial charge in [0.1, 0.15) is 5.75 Å². The molecule has 0 saturated heterocycles. The second-order valence-electron chi connectivity index (χ2n) is 10.2. The standard InChI is InChI=1S/C23H31NO4/c1-21-9-17-10-22(2,13-21)15-23(11-17,14-21)20(27)24-8-7-16-3-5-18(6-4-16)28-12-19(25)26/h3-6,17H,7-15H2,1-2H3,(H,24,27)(H,25,26). The van der Waals surface area contributed by atoms with Crippen molar-refractivity contribution in [2.45, 2.75) is 58.8 Å². The zero-order valence-electron chi connectivity index (χ0n) is 16.9. The number of nitrogens with one attached hydrogen (secondary N) is 1. The average molecular weight is 386 g/mol. The van der Waals surface area contributed by atoms with E-state index in [4.69, 9.17) is 9.84 Å². The van der Waals surface area contributed by atoms with Crippen molar-refractivity contribution < 1.29 is 19.4 Å². The molecule has 5 heteroatoms. The van der Waals surface area contributed by atoms with Gasteiger partial charge in [0.05, 0.1) is 5.41 Å². The van der Waals surface area contributed by atoms with Crippen LogP contribution in [0.15, 0.2) is 24.3 Å². The molecule has 4 aliphatic carbocycles. The first kappa shape index (κ1) is 19.3. The Labute approximate surface area is 166 Å². The number of carbonyl (C=O) groups excluding carboxylic acids is 1. The molecular weight excluding hydrogens is 354 g/mol. The number of carboxylic acid groups (broad SMARTS) is 1. The number of hydrogen-bond acceptors (Lipinski definition) is 3. The van der Waals surface area contributed by atoms with Crippen LogP contribution >= 0.6 is 0 Å². The Morgan fingerprint density at radius 3 is 2.29 bits per heavy atom. The van der Waals surface area contributed by atoms with Gasteiger partial charge in [-0.05, 0) is 79.4 Å². The molecule has 2 atom stereocenters. The van der Waals surface area contributed by atoms with Gasteiger partial charge in [0, 0.05) is 6.54 Å². The molecule has 0 aliphatic heterocycles. The fraction of sp³-hybridized carbons (Fsp3) is 0.652. The van der Waals surface area contributed by atoms with Gasteiger partial charge in [-0.2, -0.15) is 0 Å². The number of aliphatic carboxylic acids is 1. The van der Waals surface area contributed by atoms with Crippen LogP contribution in [-0.2, 0) is 16.0 Å². The normalized spacial score (nSPS) is 35.6. The number of rotatable bonds is 7. The molecule has 4 aliphatic rings. The van der Waals surface area contributed by atoms with Crippen molar-refractivity contribution in [1.82, 2.24) is 5.32 Å². The fourth-order valence-corrected chi connectivity index (χ4v) is 7.11. The van der Waals surface area contributed by atoms with E-state index in [2.05, 4.69) is 19.2 Å². The molecule has 0 radical (unpaired) electrons. The van der Waals surface area contributed by atoms with Gasteiger partial charge < -0.3 is 15.2 Å². The van der Waals surface area contributed by atoms with Crippen LogP contribution in [0.5, 0.6) is 5.75 Å². The molecule has 0 spiro atoms. The molecule has 0 heterocycles. The molecule has 2 unspecified atom stereocenters. The second-order valence-corrected chi connectivity index (χ2v) is 10.2. The minimum absolute atomic E-state index is 0.155. The van der Waals surface area contributed by atoms with Gasteiger partial charge in [-0.15, -0.1) is 0 Å². The highest BCUT2D eigenvalue weighted by molar-refractivity contribution is 5.83. The first-order valence-electron chi connectivity index (χ1n) is 10.4. The highest BCUT2D eigenvalue weighted by Crippen LogP contribution is 2.69. The molecule has 28 heavy (non-hydrogen) atoms. The lowest BCUT2D eigenvalue weighted by molar-refractivity contribution is -0.170. The number of hydrogen-bond donors (Lipinski definition) is 2. The number of carboxylic acids is 1. The summed E-state index contributed by atoms with van der Waals surface area (Å²) in [6.45, 7) is 5.09. The fourth-order valence-electron chi connectivity index (χ4n) is 7.11. The third-order valence-electron chi connectivity index (χ3n) is 7.09. The summed E-state index contributed by atoms with van der Waals surface area (Å²) in [6, 6.07) is 7.41. The Morgan fingerprint density at radius 1 is 1.07 bits per heavy atom. The highest BCUT2D eigenvalue weighted by Gasteiger charge is 2.62. The van der Waals surface area contributed by atoms with Crippen LogP contribution < -0.4 is 10.1 Å². The number of carbonyl (C=O) groups is 2. The highest BCUT2D eigenvalue weighted by atomic mass is 16.5.